The molecule has 5 rings (SSSR count). The Morgan fingerprint density at radius 3 is 2.64 bits per heavy atom. The molecule has 2 aromatic heterocycles. The number of hydrogen-bond donors (Lipinski definition) is 1. The van der Waals surface area contributed by atoms with E-state index >= 15 is 0 Å². The monoisotopic (exact) mass is 546 g/mol. The molecule has 3 heterocycles. The second-order valence-electron chi connectivity index (χ2n) is 10.0. The predicted molar refractivity (Wildman–Crippen MR) is 155 cm³/mol. The maximum absolute atomic E-state index is 13.8. The molecule has 1 fully saturated rings. The highest BCUT2D eigenvalue weighted by Gasteiger charge is 2.22. The van der Waals surface area contributed by atoms with Gasteiger partial charge in [-0.1, -0.05) is 18.5 Å². The van der Waals surface area contributed by atoms with Crippen molar-refractivity contribution >= 4 is 34.1 Å². The normalized spacial score (nSPS) is 14.1. The number of anilines is 1. The molecule has 39 heavy (non-hydrogen) atoms. The maximum Gasteiger partial charge on any atom is 0.273 e. The summed E-state index contributed by atoms with van der Waals surface area (Å²) < 4.78 is 7.43. The molecule has 8 nitrogen and oxygen atoms in total. The summed E-state index contributed by atoms with van der Waals surface area (Å²) >= 11 is 6.33. The number of carbonyl (C=O) groups is 1. The van der Waals surface area contributed by atoms with Crippen LogP contribution in [0.15, 0.2) is 42.6 Å². The Balaban J connectivity index is 1.50. The summed E-state index contributed by atoms with van der Waals surface area (Å²) in [6.07, 6.45) is 4.69. The summed E-state index contributed by atoms with van der Waals surface area (Å²) in [6.45, 7) is 9.01. The minimum atomic E-state index is -0.192. The molecule has 1 saturated heterocycles. The second kappa shape index (κ2) is 11.7. The number of fused-ring (bicyclic) bond motifs is 1. The summed E-state index contributed by atoms with van der Waals surface area (Å²) in [4.78, 5) is 25.1. The molecule has 0 spiro atoms. The van der Waals surface area contributed by atoms with Crippen LogP contribution in [0.25, 0.3) is 22.3 Å². The first-order valence-electron chi connectivity index (χ1n) is 13.6. The van der Waals surface area contributed by atoms with E-state index in [1.807, 2.05) is 29.9 Å². The minimum Gasteiger partial charge on any atom is -0.382 e. The van der Waals surface area contributed by atoms with E-state index in [2.05, 4.69) is 36.4 Å². The standard InChI is InChI=1S/C30H35ClN6O2/c1-5-20-15-21(7-9-26(20)33-24-11-13-39-14-12-24)29-34-27-10-8-23(31)16-25(27)28(35-29)30(38)36(4)18-22-17-32-37(6-2)19(22)3/h7-10,15-17,24,33H,5-6,11-14,18H2,1-4H3. The maximum atomic E-state index is 13.8. The molecule has 4 aromatic rings. The third-order valence-corrected chi connectivity index (χ3v) is 7.68. The van der Waals surface area contributed by atoms with Crippen LogP contribution in [0, 0.1) is 6.92 Å². The summed E-state index contributed by atoms with van der Waals surface area (Å²) in [6, 6.07) is 12.1. The molecule has 0 saturated carbocycles. The molecular formula is C30H35ClN6O2. The molecule has 0 radical (unpaired) electrons. The van der Waals surface area contributed by atoms with E-state index < -0.39 is 0 Å². The van der Waals surface area contributed by atoms with Crippen LogP contribution in [-0.4, -0.2) is 56.9 Å². The molecule has 2 aromatic carbocycles. The first kappa shape index (κ1) is 27.1. The molecule has 0 atom stereocenters. The number of nitrogens with one attached hydrogen (secondary N) is 1. The topological polar surface area (TPSA) is 85.2 Å². The molecule has 0 bridgehead atoms. The number of benzene rings is 2. The third-order valence-electron chi connectivity index (χ3n) is 7.44. The quantitative estimate of drug-likeness (QED) is 0.296. The van der Waals surface area contributed by atoms with Gasteiger partial charge in [-0.2, -0.15) is 5.10 Å². The second-order valence-corrected chi connectivity index (χ2v) is 10.5. The van der Waals surface area contributed by atoms with Crippen LogP contribution in [0.2, 0.25) is 5.02 Å². The van der Waals surface area contributed by atoms with E-state index in [9.17, 15) is 4.79 Å². The van der Waals surface area contributed by atoms with Gasteiger partial charge < -0.3 is 15.0 Å². The predicted octanol–water partition coefficient (Wildman–Crippen LogP) is 5.90. The molecule has 204 valence electrons. The number of hydrogen-bond acceptors (Lipinski definition) is 6. The van der Waals surface area contributed by atoms with Crippen LogP contribution in [0.3, 0.4) is 0 Å². The lowest BCUT2D eigenvalue weighted by atomic mass is 10.0. The minimum absolute atomic E-state index is 0.192. The van der Waals surface area contributed by atoms with E-state index in [1.54, 1.807) is 24.1 Å². The Bertz CT molecular complexity index is 1490. The van der Waals surface area contributed by atoms with Crippen LogP contribution >= 0.6 is 11.6 Å². The lowest BCUT2D eigenvalue weighted by Gasteiger charge is -2.25. The fourth-order valence-corrected chi connectivity index (χ4v) is 5.26. The van der Waals surface area contributed by atoms with E-state index in [-0.39, 0.29) is 5.91 Å². The van der Waals surface area contributed by atoms with Crippen LogP contribution in [-0.2, 0) is 24.2 Å². The summed E-state index contributed by atoms with van der Waals surface area (Å²) in [5.41, 5.74) is 6.26. The molecule has 1 N–H and O–H groups in total. The average molecular weight is 547 g/mol. The lowest BCUT2D eigenvalue weighted by Crippen LogP contribution is -2.28. The van der Waals surface area contributed by atoms with Crippen molar-refractivity contribution in [2.24, 2.45) is 0 Å². The van der Waals surface area contributed by atoms with E-state index in [0.717, 1.165) is 61.5 Å². The van der Waals surface area contributed by atoms with Crippen LogP contribution < -0.4 is 5.32 Å². The lowest BCUT2D eigenvalue weighted by molar-refractivity contribution is 0.0781. The fraction of sp³-hybridized carbons (Fsp3) is 0.400. The van der Waals surface area contributed by atoms with Crippen LogP contribution in [0.1, 0.15) is 54.0 Å². The number of nitrogens with zero attached hydrogens (tertiary/aromatic N) is 5. The van der Waals surface area contributed by atoms with Gasteiger partial charge in [0.25, 0.3) is 5.91 Å². The SMILES string of the molecule is CCc1cc(-c2nc(C(=O)N(C)Cc3cnn(CC)c3C)c3cc(Cl)ccc3n2)ccc1NC1CCOCC1. The van der Waals surface area contributed by atoms with E-state index in [4.69, 9.17) is 26.3 Å². The zero-order valence-electron chi connectivity index (χ0n) is 23.0. The van der Waals surface area contributed by atoms with Crippen molar-refractivity contribution in [1.82, 2.24) is 24.6 Å². The van der Waals surface area contributed by atoms with Crippen molar-refractivity contribution < 1.29 is 9.53 Å². The smallest absolute Gasteiger partial charge is 0.273 e. The first-order chi connectivity index (χ1) is 18.9. The van der Waals surface area contributed by atoms with Crippen molar-refractivity contribution in [1.29, 1.82) is 0 Å². The number of rotatable bonds is 8. The highest BCUT2D eigenvalue weighted by Crippen LogP contribution is 2.29. The number of ether oxygens (including phenoxy) is 1. The molecular weight excluding hydrogens is 512 g/mol. The Labute approximate surface area is 234 Å². The zero-order valence-corrected chi connectivity index (χ0v) is 23.8. The molecule has 1 aliphatic heterocycles. The summed E-state index contributed by atoms with van der Waals surface area (Å²) in [7, 11) is 1.79. The number of aryl methyl sites for hydroxylation is 2. The molecule has 1 aliphatic rings. The Morgan fingerprint density at radius 1 is 1.13 bits per heavy atom. The van der Waals surface area contributed by atoms with Gasteiger partial charge in [-0.3, -0.25) is 9.48 Å². The van der Waals surface area contributed by atoms with Gasteiger partial charge in [0.05, 0.1) is 11.7 Å². The van der Waals surface area contributed by atoms with Crippen molar-refractivity contribution in [3.05, 3.63) is 70.1 Å². The van der Waals surface area contributed by atoms with Gasteiger partial charge in [-0.15, -0.1) is 0 Å². The largest absolute Gasteiger partial charge is 0.382 e. The summed E-state index contributed by atoms with van der Waals surface area (Å²) in [5, 5.41) is 9.28. The molecule has 0 unspecified atom stereocenters. The Kier molecular flexibility index (Phi) is 8.14. The Morgan fingerprint density at radius 2 is 1.92 bits per heavy atom. The van der Waals surface area contributed by atoms with Gasteiger partial charge in [0.2, 0.25) is 0 Å². The van der Waals surface area contributed by atoms with Gasteiger partial charge >= 0.3 is 0 Å². The van der Waals surface area contributed by atoms with Crippen molar-refractivity contribution in [2.75, 3.05) is 25.6 Å². The highest BCUT2D eigenvalue weighted by molar-refractivity contribution is 6.31. The van der Waals surface area contributed by atoms with Gasteiger partial charge in [0, 0.05) is 72.3 Å². The van der Waals surface area contributed by atoms with E-state index in [0.29, 0.717) is 40.0 Å². The molecule has 9 heteroatoms. The van der Waals surface area contributed by atoms with Crippen molar-refractivity contribution in [3.63, 3.8) is 0 Å². The highest BCUT2D eigenvalue weighted by atomic mass is 35.5. The van der Waals surface area contributed by atoms with Gasteiger partial charge in [-0.25, -0.2) is 9.97 Å². The molecule has 0 aliphatic carbocycles. The van der Waals surface area contributed by atoms with E-state index in [1.165, 1.54) is 5.56 Å². The van der Waals surface area contributed by atoms with Gasteiger partial charge in [0.15, 0.2) is 5.82 Å². The summed E-state index contributed by atoms with van der Waals surface area (Å²) in [5.74, 6) is 0.326. The first-order valence-corrected chi connectivity index (χ1v) is 14.0. The average Bonchev–Trinajstić information content (AvgIpc) is 3.31. The fourth-order valence-electron chi connectivity index (χ4n) is 5.09. The third kappa shape index (κ3) is 5.77. The molecule has 1 amide bonds. The van der Waals surface area contributed by atoms with Crippen molar-refractivity contribution in [2.45, 2.75) is 59.2 Å². The number of amides is 1. The van der Waals surface area contributed by atoms with Gasteiger partial charge in [0.1, 0.15) is 5.69 Å². The zero-order chi connectivity index (χ0) is 27.5. The van der Waals surface area contributed by atoms with Crippen LogP contribution in [0.5, 0.6) is 0 Å². The number of carbonyl (C=O) groups excluding carboxylic acids is 1. The number of aromatic nitrogens is 4. The Hall–Kier alpha value is -3.49. The number of halogens is 1. The van der Waals surface area contributed by atoms with Gasteiger partial charge in [-0.05, 0) is 75.1 Å². The van der Waals surface area contributed by atoms with Crippen molar-refractivity contribution in [3.8, 4) is 11.4 Å². The van der Waals surface area contributed by atoms with Crippen LogP contribution in [0.4, 0.5) is 5.69 Å².